The molecule has 0 spiro atoms. The molecule has 3 rings (SSSR count). The van der Waals surface area contributed by atoms with Crippen molar-refractivity contribution < 1.29 is 19.0 Å². The first-order chi connectivity index (χ1) is 12.3. The number of benzene rings is 3. The maximum atomic E-state index is 12.2. The first-order valence-electron chi connectivity index (χ1n) is 7.88. The minimum Gasteiger partial charge on any atom is -0.497 e. The molecule has 3 aromatic rings. The molecule has 0 bridgehead atoms. The lowest BCUT2D eigenvalue weighted by Crippen LogP contribution is -2.16. The Hall–Kier alpha value is -3.27. The van der Waals surface area contributed by atoms with Crippen LogP contribution in [-0.4, -0.2) is 13.3 Å². The standard InChI is InChI=1S/C21H18O4/c1-23-18-14-12-17(13-15-18)20(16-8-4-2-5-9-16)25-21(22)24-19-10-6-3-7-11-19/h2-15,20H,1H3. The van der Waals surface area contributed by atoms with Gasteiger partial charge in [-0.25, -0.2) is 4.79 Å². The molecule has 4 heteroatoms. The molecule has 4 nitrogen and oxygen atoms in total. The van der Waals surface area contributed by atoms with Crippen molar-refractivity contribution in [3.8, 4) is 11.5 Å². The molecule has 126 valence electrons. The van der Waals surface area contributed by atoms with Crippen LogP contribution in [0.15, 0.2) is 84.9 Å². The molecule has 0 aliphatic heterocycles. The first-order valence-corrected chi connectivity index (χ1v) is 7.88. The van der Waals surface area contributed by atoms with E-state index in [1.165, 1.54) is 0 Å². The highest BCUT2D eigenvalue weighted by Crippen LogP contribution is 2.28. The van der Waals surface area contributed by atoms with Gasteiger partial charge in [-0.1, -0.05) is 60.7 Å². The topological polar surface area (TPSA) is 44.8 Å². The van der Waals surface area contributed by atoms with Crippen LogP contribution in [0.25, 0.3) is 0 Å². The van der Waals surface area contributed by atoms with Crippen LogP contribution in [-0.2, 0) is 4.74 Å². The van der Waals surface area contributed by atoms with Gasteiger partial charge in [-0.05, 0) is 35.4 Å². The maximum absolute atomic E-state index is 12.2. The molecule has 0 radical (unpaired) electrons. The van der Waals surface area contributed by atoms with Crippen molar-refractivity contribution in [2.75, 3.05) is 7.11 Å². The molecule has 0 heterocycles. The van der Waals surface area contributed by atoms with Crippen LogP contribution in [0.1, 0.15) is 17.2 Å². The molecule has 0 amide bonds. The molecule has 0 N–H and O–H groups in total. The van der Waals surface area contributed by atoms with Gasteiger partial charge >= 0.3 is 6.16 Å². The predicted molar refractivity (Wildman–Crippen MR) is 94.8 cm³/mol. The Morgan fingerprint density at radius 2 is 1.28 bits per heavy atom. The van der Waals surface area contributed by atoms with E-state index in [1.807, 2.05) is 60.7 Å². The van der Waals surface area contributed by atoms with E-state index in [1.54, 1.807) is 31.4 Å². The lowest BCUT2D eigenvalue weighted by atomic mass is 10.0. The third kappa shape index (κ3) is 4.38. The van der Waals surface area contributed by atoms with E-state index in [0.717, 1.165) is 16.9 Å². The fourth-order valence-electron chi connectivity index (χ4n) is 2.44. The Morgan fingerprint density at radius 3 is 1.88 bits per heavy atom. The van der Waals surface area contributed by atoms with E-state index in [0.29, 0.717) is 5.75 Å². The molecule has 0 fully saturated rings. The third-order valence-electron chi connectivity index (χ3n) is 3.68. The van der Waals surface area contributed by atoms with Gasteiger partial charge in [0.1, 0.15) is 11.5 Å². The molecule has 0 aromatic heterocycles. The highest BCUT2D eigenvalue weighted by atomic mass is 16.7. The molecular weight excluding hydrogens is 316 g/mol. The quantitative estimate of drug-likeness (QED) is 0.486. The second-order valence-electron chi connectivity index (χ2n) is 5.35. The van der Waals surface area contributed by atoms with Gasteiger partial charge in [0.15, 0.2) is 6.10 Å². The Bertz CT molecular complexity index is 798. The highest BCUT2D eigenvalue weighted by Gasteiger charge is 2.20. The van der Waals surface area contributed by atoms with E-state index < -0.39 is 12.3 Å². The summed E-state index contributed by atoms with van der Waals surface area (Å²) in [5, 5.41) is 0. The Balaban J connectivity index is 1.82. The van der Waals surface area contributed by atoms with Crippen LogP contribution >= 0.6 is 0 Å². The van der Waals surface area contributed by atoms with E-state index in [9.17, 15) is 4.79 Å². The van der Waals surface area contributed by atoms with Gasteiger partial charge in [-0.2, -0.15) is 0 Å². The largest absolute Gasteiger partial charge is 0.514 e. The monoisotopic (exact) mass is 334 g/mol. The van der Waals surface area contributed by atoms with Crippen molar-refractivity contribution in [1.82, 2.24) is 0 Å². The maximum Gasteiger partial charge on any atom is 0.514 e. The summed E-state index contributed by atoms with van der Waals surface area (Å²) in [5.41, 5.74) is 1.69. The summed E-state index contributed by atoms with van der Waals surface area (Å²) in [6.45, 7) is 0. The third-order valence-corrected chi connectivity index (χ3v) is 3.68. The zero-order valence-corrected chi connectivity index (χ0v) is 13.8. The van der Waals surface area contributed by atoms with Gasteiger partial charge in [0.05, 0.1) is 7.11 Å². The number of hydrogen-bond donors (Lipinski definition) is 0. The van der Waals surface area contributed by atoms with Crippen molar-refractivity contribution in [3.05, 3.63) is 96.1 Å². The van der Waals surface area contributed by atoms with Gasteiger partial charge in [-0.3, -0.25) is 0 Å². The number of carbonyl (C=O) groups is 1. The number of ether oxygens (including phenoxy) is 3. The van der Waals surface area contributed by atoms with Gasteiger partial charge in [0.2, 0.25) is 0 Å². The average Bonchev–Trinajstić information content (AvgIpc) is 2.68. The van der Waals surface area contributed by atoms with Gasteiger partial charge in [0.25, 0.3) is 0 Å². The molecule has 0 aliphatic carbocycles. The minimum absolute atomic E-state index is 0.439. The minimum atomic E-state index is -0.754. The number of rotatable bonds is 5. The fourth-order valence-corrected chi connectivity index (χ4v) is 2.44. The fraction of sp³-hybridized carbons (Fsp3) is 0.0952. The van der Waals surface area contributed by atoms with Crippen LogP contribution in [0, 0.1) is 0 Å². The normalized spacial score (nSPS) is 11.4. The van der Waals surface area contributed by atoms with E-state index in [-0.39, 0.29) is 0 Å². The lowest BCUT2D eigenvalue weighted by Gasteiger charge is -2.18. The molecule has 0 saturated carbocycles. The summed E-state index contributed by atoms with van der Waals surface area (Å²) in [6.07, 6.45) is -1.32. The summed E-state index contributed by atoms with van der Waals surface area (Å²) in [5.74, 6) is 1.18. The smallest absolute Gasteiger partial charge is 0.497 e. The van der Waals surface area contributed by atoms with Crippen molar-refractivity contribution in [1.29, 1.82) is 0 Å². The van der Waals surface area contributed by atoms with E-state index in [2.05, 4.69) is 0 Å². The van der Waals surface area contributed by atoms with Crippen LogP contribution < -0.4 is 9.47 Å². The second-order valence-corrected chi connectivity index (χ2v) is 5.35. The Kier molecular flexibility index (Phi) is 5.32. The Morgan fingerprint density at radius 1 is 0.720 bits per heavy atom. The molecule has 25 heavy (non-hydrogen) atoms. The van der Waals surface area contributed by atoms with Crippen LogP contribution in [0.2, 0.25) is 0 Å². The average molecular weight is 334 g/mol. The molecule has 0 saturated heterocycles. The molecule has 1 unspecified atom stereocenters. The number of para-hydroxylation sites is 1. The number of methoxy groups -OCH3 is 1. The van der Waals surface area contributed by atoms with Gasteiger partial charge in [0, 0.05) is 0 Å². The SMILES string of the molecule is COc1ccc(C(OC(=O)Oc2ccccc2)c2ccccc2)cc1. The van der Waals surface area contributed by atoms with Crippen molar-refractivity contribution in [2.24, 2.45) is 0 Å². The zero-order valence-electron chi connectivity index (χ0n) is 13.8. The Labute approximate surface area is 146 Å². The van der Waals surface area contributed by atoms with E-state index >= 15 is 0 Å². The molecular formula is C21H18O4. The van der Waals surface area contributed by atoms with Crippen LogP contribution in [0.5, 0.6) is 11.5 Å². The summed E-state index contributed by atoms with van der Waals surface area (Å²) in [6, 6.07) is 25.8. The van der Waals surface area contributed by atoms with Crippen molar-refractivity contribution in [3.63, 3.8) is 0 Å². The summed E-state index contributed by atoms with van der Waals surface area (Å²) >= 11 is 0. The van der Waals surface area contributed by atoms with Crippen molar-refractivity contribution >= 4 is 6.16 Å². The molecule has 1 atom stereocenters. The molecule has 0 aliphatic rings. The first kappa shape index (κ1) is 16.6. The van der Waals surface area contributed by atoms with Crippen molar-refractivity contribution in [2.45, 2.75) is 6.10 Å². The van der Waals surface area contributed by atoms with Crippen LogP contribution in [0.4, 0.5) is 4.79 Å². The molecule has 3 aromatic carbocycles. The second kappa shape index (κ2) is 8.02. The lowest BCUT2D eigenvalue weighted by molar-refractivity contribution is 0.0733. The summed E-state index contributed by atoms with van der Waals surface area (Å²) in [7, 11) is 1.61. The zero-order chi connectivity index (χ0) is 17.5. The van der Waals surface area contributed by atoms with Gasteiger partial charge < -0.3 is 14.2 Å². The highest BCUT2D eigenvalue weighted by molar-refractivity contribution is 5.64. The number of hydrogen-bond acceptors (Lipinski definition) is 4. The van der Waals surface area contributed by atoms with Crippen LogP contribution in [0.3, 0.4) is 0 Å². The summed E-state index contributed by atoms with van der Waals surface area (Å²) < 4.78 is 16.0. The summed E-state index contributed by atoms with van der Waals surface area (Å²) in [4.78, 5) is 12.2. The van der Waals surface area contributed by atoms with Gasteiger partial charge in [-0.15, -0.1) is 0 Å². The van der Waals surface area contributed by atoms with E-state index in [4.69, 9.17) is 14.2 Å². The predicted octanol–water partition coefficient (Wildman–Crippen LogP) is 5.00. The number of carbonyl (C=O) groups excluding carboxylic acids is 1.